The van der Waals surface area contributed by atoms with Gasteiger partial charge in [-0.05, 0) is 11.6 Å². The molecule has 5 rings (SSSR count). The van der Waals surface area contributed by atoms with Gasteiger partial charge >= 0.3 is 5.69 Å². The molecule has 4 heterocycles. The van der Waals surface area contributed by atoms with Gasteiger partial charge in [0.1, 0.15) is 5.82 Å². The number of fused-ring (bicyclic) bond motifs is 1. The summed E-state index contributed by atoms with van der Waals surface area (Å²) >= 11 is 0. The SMILES string of the molecule is O=[N+]([O-])c1cc2cc(-c3ccccc3)c(N3CCOCC3)nc2nc1N1CCOCC1. The fourth-order valence-electron chi connectivity index (χ4n) is 4.06. The van der Waals surface area contributed by atoms with Gasteiger partial charge in [-0.1, -0.05) is 30.3 Å². The van der Waals surface area contributed by atoms with Crippen LogP contribution >= 0.6 is 0 Å². The van der Waals surface area contributed by atoms with Crippen molar-refractivity contribution in [2.24, 2.45) is 0 Å². The van der Waals surface area contributed by atoms with Crippen LogP contribution in [0, 0.1) is 10.1 Å². The van der Waals surface area contributed by atoms with E-state index in [1.165, 1.54) is 0 Å². The van der Waals surface area contributed by atoms with E-state index < -0.39 is 0 Å². The molecule has 31 heavy (non-hydrogen) atoms. The Kier molecular flexibility index (Phi) is 5.35. The van der Waals surface area contributed by atoms with Crippen LogP contribution in [0.3, 0.4) is 0 Å². The summed E-state index contributed by atoms with van der Waals surface area (Å²) in [7, 11) is 0. The third kappa shape index (κ3) is 3.89. The number of nitrogens with zero attached hydrogens (tertiary/aromatic N) is 5. The third-order valence-corrected chi connectivity index (χ3v) is 5.65. The Morgan fingerprint density at radius 3 is 2.03 bits per heavy atom. The van der Waals surface area contributed by atoms with Crippen LogP contribution in [0.5, 0.6) is 0 Å². The first-order valence-electron chi connectivity index (χ1n) is 10.4. The Labute approximate surface area is 179 Å². The summed E-state index contributed by atoms with van der Waals surface area (Å²) < 4.78 is 10.9. The second kappa shape index (κ2) is 8.44. The molecule has 0 unspecified atom stereocenters. The largest absolute Gasteiger partial charge is 0.378 e. The molecule has 2 aliphatic heterocycles. The molecule has 0 N–H and O–H groups in total. The quantitative estimate of drug-likeness (QED) is 0.469. The lowest BCUT2D eigenvalue weighted by Crippen LogP contribution is -2.37. The molecule has 9 nitrogen and oxygen atoms in total. The fourth-order valence-corrected chi connectivity index (χ4v) is 4.06. The molecule has 1 aromatic carbocycles. The second-order valence-electron chi connectivity index (χ2n) is 7.56. The Morgan fingerprint density at radius 1 is 0.839 bits per heavy atom. The van der Waals surface area contributed by atoms with Crippen molar-refractivity contribution in [1.82, 2.24) is 9.97 Å². The number of nitro groups is 1. The molecule has 160 valence electrons. The highest BCUT2D eigenvalue weighted by Gasteiger charge is 2.26. The van der Waals surface area contributed by atoms with E-state index in [2.05, 4.69) is 9.88 Å². The molecule has 3 aromatic rings. The van der Waals surface area contributed by atoms with Crippen LogP contribution < -0.4 is 9.80 Å². The predicted molar refractivity (Wildman–Crippen MR) is 118 cm³/mol. The van der Waals surface area contributed by atoms with Crippen LogP contribution in [-0.2, 0) is 9.47 Å². The van der Waals surface area contributed by atoms with Gasteiger partial charge in [0.05, 0.1) is 31.4 Å². The number of hydrogen-bond donors (Lipinski definition) is 0. The topological polar surface area (TPSA) is 93.9 Å². The minimum atomic E-state index is -0.366. The monoisotopic (exact) mass is 421 g/mol. The Morgan fingerprint density at radius 2 is 1.42 bits per heavy atom. The lowest BCUT2D eigenvalue weighted by molar-refractivity contribution is -0.384. The van der Waals surface area contributed by atoms with E-state index in [1.807, 2.05) is 41.3 Å². The number of aromatic nitrogens is 2. The minimum absolute atomic E-state index is 0.00525. The fraction of sp³-hybridized carbons (Fsp3) is 0.364. The first kappa shape index (κ1) is 19.7. The molecule has 2 saturated heterocycles. The van der Waals surface area contributed by atoms with Crippen molar-refractivity contribution in [3.8, 4) is 11.1 Å². The molecule has 0 amide bonds. The predicted octanol–water partition coefficient (Wildman–Crippen LogP) is 2.88. The van der Waals surface area contributed by atoms with E-state index in [4.69, 9.17) is 14.5 Å². The molecule has 2 fully saturated rings. The van der Waals surface area contributed by atoms with Crippen molar-refractivity contribution in [3.05, 3.63) is 52.6 Å². The smallest absolute Gasteiger partial charge is 0.312 e. The molecular formula is C22H23N5O4. The zero-order valence-electron chi connectivity index (χ0n) is 17.1. The van der Waals surface area contributed by atoms with Gasteiger partial charge in [0, 0.05) is 43.2 Å². The summed E-state index contributed by atoms with van der Waals surface area (Å²) in [5.41, 5.74) is 2.45. The highest BCUT2D eigenvalue weighted by atomic mass is 16.6. The molecule has 0 bridgehead atoms. The average Bonchev–Trinajstić information content (AvgIpc) is 2.84. The number of morpholine rings is 2. The summed E-state index contributed by atoms with van der Waals surface area (Å²) in [6.45, 7) is 4.94. The first-order chi connectivity index (χ1) is 15.2. The van der Waals surface area contributed by atoms with Crippen LogP contribution in [-0.4, -0.2) is 67.5 Å². The maximum absolute atomic E-state index is 11.8. The van der Waals surface area contributed by atoms with E-state index in [1.54, 1.807) is 6.07 Å². The number of hydrogen-bond acceptors (Lipinski definition) is 8. The summed E-state index contributed by atoms with van der Waals surface area (Å²) in [6.07, 6.45) is 0. The van der Waals surface area contributed by atoms with Gasteiger partial charge in [0.2, 0.25) is 5.82 Å². The van der Waals surface area contributed by atoms with Gasteiger partial charge in [0.15, 0.2) is 5.65 Å². The Bertz CT molecular complexity index is 1100. The summed E-state index contributed by atoms with van der Waals surface area (Å²) in [5, 5.41) is 12.5. The maximum Gasteiger partial charge on any atom is 0.312 e. The van der Waals surface area contributed by atoms with Crippen LogP contribution in [0.4, 0.5) is 17.3 Å². The number of anilines is 2. The van der Waals surface area contributed by atoms with Gasteiger partial charge in [-0.3, -0.25) is 10.1 Å². The maximum atomic E-state index is 11.8. The van der Waals surface area contributed by atoms with Crippen molar-refractivity contribution >= 4 is 28.4 Å². The third-order valence-electron chi connectivity index (χ3n) is 5.65. The number of rotatable bonds is 4. The number of pyridine rings is 2. The summed E-state index contributed by atoms with van der Waals surface area (Å²) in [5.74, 6) is 1.19. The lowest BCUT2D eigenvalue weighted by Gasteiger charge is -2.30. The number of benzene rings is 1. The van der Waals surface area contributed by atoms with Crippen molar-refractivity contribution in [2.45, 2.75) is 0 Å². The minimum Gasteiger partial charge on any atom is -0.378 e. The van der Waals surface area contributed by atoms with Gasteiger partial charge in [-0.25, -0.2) is 9.97 Å². The summed E-state index contributed by atoms with van der Waals surface area (Å²) in [4.78, 5) is 25.2. The molecule has 0 saturated carbocycles. The van der Waals surface area contributed by atoms with E-state index in [9.17, 15) is 10.1 Å². The molecule has 0 atom stereocenters. The lowest BCUT2D eigenvalue weighted by atomic mass is 10.0. The normalized spacial score (nSPS) is 17.2. The molecular weight excluding hydrogens is 398 g/mol. The van der Waals surface area contributed by atoms with Crippen molar-refractivity contribution < 1.29 is 14.4 Å². The van der Waals surface area contributed by atoms with Crippen LogP contribution in [0.25, 0.3) is 22.2 Å². The van der Waals surface area contributed by atoms with Gasteiger partial charge < -0.3 is 19.3 Å². The zero-order valence-corrected chi connectivity index (χ0v) is 17.1. The van der Waals surface area contributed by atoms with Crippen molar-refractivity contribution in [2.75, 3.05) is 62.4 Å². The van der Waals surface area contributed by atoms with Crippen molar-refractivity contribution in [1.29, 1.82) is 0 Å². The van der Waals surface area contributed by atoms with Crippen LogP contribution in [0.1, 0.15) is 0 Å². The molecule has 2 aliphatic rings. The van der Waals surface area contributed by atoms with Crippen LogP contribution in [0.15, 0.2) is 42.5 Å². The standard InChI is InChI=1S/C22H23N5O4/c28-27(29)19-15-17-14-18(16-4-2-1-3-5-16)21(25-6-10-30-11-7-25)23-20(17)24-22(19)26-8-12-31-13-9-26/h1-5,14-15H,6-13H2. The average molecular weight is 421 g/mol. The van der Waals surface area contributed by atoms with Crippen molar-refractivity contribution in [3.63, 3.8) is 0 Å². The van der Waals surface area contributed by atoms with Crippen LogP contribution in [0.2, 0.25) is 0 Å². The molecule has 9 heteroatoms. The number of ether oxygens (including phenoxy) is 2. The molecule has 0 spiro atoms. The second-order valence-corrected chi connectivity index (χ2v) is 7.56. The van der Waals surface area contributed by atoms with E-state index in [0.29, 0.717) is 56.4 Å². The van der Waals surface area contributed by atoms with Gasteiger partial charge in [-0.15, -0.1) is 0 Å². The van der Waals surface area contributed by atoms with Gasteiger partial charge in [0.25, 0.3) is 0 Å². The van der Waals surface area contributed by atoms with E-state index >= 15 is 0 Å². The van der Waals surface area contributed by atoms with E-state index in [-0.39, 0.29) is 10.6 Å². The molecule has 0 radical (unpaired) electrons. The Hall–Kier alpha value is -3.30. The highest BCUT2D eigenvalue weighted by Crippen LogP contribution is 2.36. The molecule has 2 aromatic heterocycles. The molecule has 0 aliphatic carbocycles. The Balaban J connectivity index is 1.69. The first-order valence-corrected chi connectivity index (χ1v) is 10.4. The zero-order chi connectivity index (χ0) is 21.2. The summed E-state index contributed by atoms with van der Waals surface area (Å²) in [6, 6.07) is 13.5. The van der Waals surface area contributed by atoms with Gasteiger partial charge in [-0.2, -0.15) is 0 Å². The van der Waals surface area contributed by atoms with E-state index in [0.717, 1.165) is 30.0 Å². The highest BCUT2D eigenvalue weighted by molar-refractivity contribution is 5.90.